The number of alkyl halides is 2. The van der Waals surface area contributed by atoms with Crippen LogP contribution in [0.5, 0.6) is 0 Å². The van der Waals surface area contributed by atoms with Crippen molar-refractivity contribution < 1.29 is 23.4 Å². The van der Waals surface area contributed by atoms with Crippen molar-refractivity contribution in [1.82, 2.24) is 4.90 Å². The van der Waals surface area contributed by atoms with Crippen LogP contribution in [0.4, 0.5) is 13.6 Å². The van der Waals surface area contributed by atoms with E-state index >= 15 is 0 Å². The van der Waals surface area contributed by atoms with E-state index in [-0.39, 0.29) is 32.2 Å². The molecule has 6 heteroatoms. The van der Waals surface area contributed by atoms with E-state index in [2.05, 4.69) is 0 Å². The molecular weight excluding hydrogens is 256 g/mol. The first-order valence-corrected chi connectivity index (χ1v) is 6.47. The Bertz CT molecular complexity index is 329. The fourth-order valence-corrected chi connectivity index (χ4v) is 2.09. The zero-order valence-corrected chi connectivity index (χ0v) is 12.0. The molecule has 0 heterocycles. The summed E-state index contributed by atoms with van der Waals surface area (Å²) in [6, 6.07) is 0. The summed E-state index contributed by atoms with van der Waals surface area (Å²) in [4.78, 5) is 13.0. The highest BCUT2D eigenvalue weighted by Crippen LogP contribution is 2.38. The summed E-state index contributed by atoms with van der Waals surface area (Å²) in [6.07, 6.45) is -1.25. The maximum absolute atomic E-state index is 13.0. The van der Waals surface area contributed by atoms with Gasteiger partial charge >= 0.3 is 6.09 Å². The molecule has 0 aromatic heterocycles. The largest absolute Gasteiger partial charge is 0.444 e. The van der Waals surface area contributed by atoms with Crippen molar-refractivity contribution in [3.05, 3.63) is 0 Å². The molecule has 1 aliphatic carbocycles. The van der Waals surface area contributed by atoms with Gasteiger partial charge in [-0.05, 0) is 33.6 Å². The quantitative estimate of drug-likeness (QED) is 0.845. The van der Waals surface area contributed by atoms with Crippen LogP contribution in [0.2, 0.25) is 0 Å². The number of hydrogen-bond donors (Lipinski definition) is 1. The van der Waals surface area contributed by atoms with Crippen LogP contribution in [0, 0.1) is 0 Å². The number of carbonyl (C=O) groups is 1. The first kappa shape index (κ1) is 16.1. The number of carbonyl (C=O) groups excluding carboxylic acids is 1. The molecule has 4 nitrogen and oxygen atoms in total. The summed E-state index contributed by atoms with van der Waals surface area (Å²) in [5.41, 5.74) is -1.86. The van der Waals surface area contributed by atoms with Gasteiger partial charge in [0.1, 0.15) is 5.60 Å². The Morgan fingerprint density at radius 2 is 1.74 bits per heavy atom. The van der Waals surface area contributed by atoms with E-state index in [1.165, 1.54) is 11.9 Å². The third-order valence-electron chi connectivity index (χ3n) is 3.15. The SMILES string of the molecule is CN(CC1(O)CCC(F)(F)CC1)C(=O)OC(C)(C)C. The van der Waals surface area contributed by atoms with Crippen LogP contribution in [0.3, 0.4) is 0 Å². The number of amides is 1. The second-order valence-electron chi connectivity index (χ2n) is 6.42. The number of nitrogens with zero attached hydrogens (tertiary/aromatic N) is 1. The molecule has 0 atom stereocenters. The lowest BCUT2D eigenvalue weighted by Gasteiger charge is -2.38. The first-order valence-electron chi connectivity index (χ1n) is 6.47. The van der Waals surface area contributed by atoms with Gasteiger partial charge in [0, 0.05) is 19.9 Å². The predicted molar refractivity (Wildman–Crippen MR) is 67.2 cm³/mol. The molecule has 0 saturated heterocycles. The highest BCUT2D eigenvalue weighted by molar-refractivity contribution is 5.67. The molecule has 0 aromatic carbocycles. The molecule has 0 radical (unpaired) electrons. The average molecular weight is 279 g/mol. The lowest BCUT2D eigenvalue weighted by atomic mass is 9.82. The van der Waals surface area contributed by atoms with Crippen molar-refractivity contribution in [3.8, 4) is 0 Å². The van der Waals surface area contributed by atoms with Crippen LogP contribution >= 0.6 is 0 Å². The number of ether oxygens (including phenoxy) is 1. The zero-order valence-electron chi connectivity index (χ0n) is 12.0. The number of hydrogen-bond acceptors (Lipinski definition) is 3. The molecule has 1 rings (SSSR count). The fourth-order valence-electron chi connectivity index (χ4n) is 2.09. The van der Waals surface area contributed by atoms with Crippen LogP contribution in [-0.4, -0.2) is 46.8 Å². The number of halogens is 2. The van der Waals surface area contributed by atoms with Gasteiger partial charge in [-0.3, -0.25) is 0 Å². The molecule has 1 saturated carbocycles. The molecule has 1 aliphatic rings. The standard InChI is InChI=1S/C13H23F2NO3/c1-11(2,3)19-10(17)16(4)9-12(18)5-7-13(14,15)8-6-12/h18H,5-9H2,1-4H3. The molecule has 19 heavy (non-hydrogen) atoms. The van der Waals surface area contributed by atoms with Crippen LogP contribution in [0.15, 0.2) is 0 Å². The molecule has 1 fully saturated rings. The minimum Gasteiger partial charge on any atom is -0.444 e. The molecule has 0 unspecified atom stereocenters. The third-order valence-corrected chi connectivity index (χ3v) is 3.15. The van der Waals surface area contributed by atoms with Gasteiger partial charge in [-0.25, -0.2) is 13.6 Å². The van der Waals surface area contributed by atoms with Crippen molar-refractivity contribution in [2.24, 2.45) is 0 Å². The average Bonchev–Trinajstić information content (AvgIpc) is 2.21. The van der Waals surface area contributed by atoms with Crippen LogP contribution in [-0.2, 0) is 4.74 Å². The predicted octanol–water partition coefficient (Wildman–Crippen LogP) is 2.79. The van der Waals surface area contributed by atoms with Gasteiger partial charge < -0.3 is 14.7 Å². The topological polar surface area (TPSA) is 49.8 Å². The Morgan fingerprint density at radius 3 is 2.16 bits per heavy atom. The zero-order chi connectivity index (χ0) is 14.9. The minimum absolute atomic E-state index is 0.00681. The molecule has 0 bridgehead atoms. The summed E-state index contributed by atoms with van der Waals surface area (Å²) >= 11 is 0. The van der Waals surface area contributed by atoms with Gasteiger partial charge in [-0.1, -0.05) is 0 Å². The fraction of sp³-hybridized carbons (Fsp3) is 0.923. The smallest absolute Gasteiger partial charge is 0.410 e. The van der Waals surface area contributed by atoms with Crippen molar-refractivity contribution in [2.75, 3.05) is 13.6 Å². The van der Waals surface area contributed by atoms with Gasteiger partial charge in [0.25, 0.3) is 0 Å². The number of aliphatic hydroxyl groups is 1. The van der Waals surface area contributed by atoms with E-state index in [1.807, 2.05) is 0 Å². The minimum atomic E-state index is -2.70. The number of likely N-dealkylation sites (N-methyl/N-ethyl adjacent to an activating group) is 1. The van der Waals surface area contributed by atoms with Crippen molar-refractivity contribution in [1.29, 1.82) is 0 Å². The van der Waals surface area contributed by atoms with Gasteiger partial charge in [-0.15, -0.1) is 0 Å². The molecule has 0 aliphatic heterocycles. The van der Waals surface area contributed by atoms with E-state index in [9.17, 15) is 18.7 Å². The van der Waals surface area contributed by atoms with Gasteiger partial charge in [-0.2, -0.15) is 0 Å². The van der Waals surface area contributed by atoms with E-state index < -0.39 is 23.2 Å². The summed E-state index contributed by atoms with van der Waals surface area (Å²) in [6.45, 7) is 5.25. The molecule has 1 amide bonds. The van der Waals surface area contributed by atoms with E-state index in [0.717, 1.165) is 0 Å². The van der Waals surface area contributed by atoms with Gasteiger partial charge in [0.15, 0.2) is 0 Å². The van der Waals surface area contributed by atoms with Crippen LogP contribution < -0.4 is 0 Å². The van der Waals surface area contributed by atoms with Crippen LogP contribution in [0.1, 0.15) is 46.5 Å². The summed E-state index contributed by atoms with van der Waals surface area (Å²) < 4.78 is 31.3. The molecule has 0 aromatic rings. The van der Waals surface area contributed by atoms with E-state index in [1.54, 1.807) is 20.8 Å². The second-order valence-corrected chi connectivity index (χ2v) is 6.42. The molecule has 112 valence electrons. The summed E-state index contributed by atoms with van der Waals surface area (Å²) in [5.74, 6) is -2.70. The Kier molecular flexibility index (Phi) is 4.44. The highest BCUT2D eigenvalue weighted by atomic mass is 19.3. The molecule has 0 spiro atoms. The Balaban J connectivity index is 2.52. The van der Waals surface area contributed by atoms with Crippen molar-refractivity contribution >= 4 is 6.09 Å². The Hall–Kier alpha value is -0.910. The highest BCUT2D eigenvalue weighted by Gasteiger charge is 2.43. The molecule has 1 N–H and O–H groups in total. The monoisotopic (exact) mass is 279 g/mol. The second kappa shape index (κ2) is 5.23. The van der Waals surface area contributed by atoms with Crippen LogP contribution in [0.25, 0.3) is 0 Å². The normalized spacial score (nSPS) is 21.8. The lowest BCUT2D eigenvalue weighted by Crippen LogP contribution is -2.48. The third kappa shape index (κ3) is 5.30. The number of rotatable bonds is 2. The van der Waals surface area contributed by atoms with Gasteiger partial charge in [0.05, 0.1) is 12.1 Å². The summed E-state index contributed by atoms with van der Waals surface area (Å²) in [5, 5.41) is 10.2. The maximum atomic E-state index is 13.0. The maximum Gasteiger partial charge on any atom is 0.410 e. The van der Waals surface area contributed by atoms with E-state index in [4.69, 9.17) is 4.74 Å². The Labute approximate surface area is 112 Å². The van der Waals surface area contributed by atoms with Crippen molar-refractivity contribution in [2.45, 2.75) is 63.6 Å². The van der Waals surface area contributed by atoms with Crippen molar-refractivity contribution in [3.63, 3.8) is 0 Å². The Morgan fingerprint density at radius 1 is 1.26 bits per heavy atom. The van der Waals surface area contributed by atoms with Gasteiger partial charge in [0.2, 0.25) is 5.92 Å². The molecular formula is C13H23F2NO3. The summed E-state index contributed by atoms with van der Waals surface area (Å²) in [7, 11) is 1.50. The lowest BCUT2D eigenvalue weighted by molar-refractivity contribution is -0.110. The van der Waals surface area contributed by atoms with E-state index in [0.29, 0.717) is 0 Å². The first-order chi connectivity index (χ1) is 8.43.